The summed E-state index contributed by atoms with van der Waals surface area (Å²) in [5, 5.41) is 9.25. The Morgan fingerprint density at radius 2 is 1.95 bits per heavy atom. The zero-order valence-corrected chi connectivity index (χ0v) is 21.1. The number of esters is 1. The van der Waals surface area contributed by atoms with E-state index in [1.54, 1.807) is 44.2 Å². The lowest BCUT2D eigenvalue weighted by molar-refractivity contribution is -0.139. The zero-order chi connectivity index (χ0) is 27.0. The number of thiazole rings is 1. The number of ether oxygens (including phenoxy) is 1. The van der Waals surface area contributed by atoms with Crippen LogP contribution in [-0.4, -0.2) is 28.2 Å². The maximum Gasteiger partial charge on any atom is 0.338 e. The van der Waals surface area contributed by atoms with Crippen molar-refractivity contribution in [3.8, 4) is 11.3 Å². The van der Waals surface area contributed by atoms with Gasteiger partial charge in [0.15, 0.2) is 4.80 Å². The highest BCUT2D eigenvalue weighted by atomic mass is 32.1. The Bertz CT molecular complexity index is 1780. The van der Waals surface area contributed by atoms with E-state index in [2.05, 4.69) is 4.99 Å². The predicted octanol–water partition coefficient (Wildman–Crippen LogP) is 3.90. The maximum atomic E-state index is 13.7. The maximum absolute atomic E-state index is 13.7. The lowest BCUT2D eigenvalue weighted by Gasteiger charge is -2.24. The average molecular weight is 533 g/mol. The summed E-state index contributed by atoms with van der Waals surface area (Å²) in [5.41, 5.74) is 1.46. The number of fused-ring (bicyclic) bond motifs is 1. The van der Waals surface area contributed by atoms with Gasteiger partial charge in [0.1, 0.15) is 17.3 Å². The van der Waals surface area contributed by atoms with Crippen LogP contribution in [0.1, 0.15) is 41.6 Å². The number of hydrogen-bond donors (Lipinski definition) is 1. The largest absolute Gasteiger partial charge is 0.478 e. The van der Waals surface area contributed by atoms with E-state index in [1.807, 2.05) is 0 Å². The van der Waals surface area contributed by atoms with Crippen LogP contribution in [-0.2, 0) is 9.53 Å². The van der Waals surface area contributed by atoms with E-state index in [9.17, 15) is 23.9 Å². The Morgan fingerprint density at radius 3 is 2.66 bits per heavy atom. The molecule has 2 aromatic carbocycles. The van der Waals surface area contributed by atoms with Crippen molar-refractivity contribution in [1.82, 2.24) is 4.57 Å². The van der Waals surface area contributed by atoms with Crippen molar-refractivity contribution in [2.45, 2.75) is 19.9 Å². The third kappa shape index (κ3) is 4.61. The fourth-order valence-corrected chi connectivity index (χ4v) is 5.30. The number of benzene rings is 2. The fourth-order valence-electron chi connectivity index (χ4n) is 4.27. The molecule has 0 aliphatic carbocycles. The SMILES string of the molecule is CCOC(=O)C1=C(C)N=c2s/c(=C\c3ccc(-c4cccc(C(=O)O)c4)o3)c(=O)n2[C@H]1c1ccc(F)cc1. The first kappa shape index (κ1) is 25.1. The molecule has 0 saturated carbocycles. The van der Waals surface area contributed by atoms with Gasteiger partial charge in [-0.1, -0.05) is 35.6 Å². The molecule has 4 aromatic rings. The van der Waals surface area contributed by atoms with Gasteiger partial charge in [-0.25, -0.2) is 19.0 Å². The number of nitrogens with zero attached hydrogens (tertiary/aromatic N) is 2. The fraction of sp³-hybridized carbons (Fsp3) is 0.143. The van der Waals surface area contributed by atoms with Crippen LogP contribution in [0.25, 0.3) is 17.4 Å². The zero-order valence-electron chi connectivity index (χ0n) is 20.3. The van der Waals surface area contributed by atoms with Crippen LogP contribution in [0.5, 0.6) is 0 Å². The summed E-state index contributed by atoms with van der Waals surface area (Å²) in [4.78, 5) is 42.7. The molecule has 0 spiro atoms. The third-order valence-electron chi connectivity index (χ3n) is 6.00. The second kappa shape index (κ2) is 10.1. The minimum atomic E-state index is -1.05. The van der Waals surface area contributed by atoms with E-state index in [-0.39, 0.29) is 17.7 Å². The van der Waals surface area contributed by atoms with Crippen LogP contribution in [0, 0.1) is 5.82 Å². The summed E-state index contributed by atoms with van der Waals surface area (Å²) >= 11 is 1.13. The van der Waals surface area contributed by atoms with Gasteiger partial charge in [-0.05, 0) is 55.8 Å². The smallest absolute Gasteiger partial charge is 0.338 e. The summed E-state index contributed by atoms with van der Waals surface area (Å²) in [6.07, 6.45) is 1.57. The van der Waals surface area contributed by atoms with E-state index in [0.29, 0.717) is 37.7 Å². The van der Waals surface area contributed by atoms with Crippen LogP contribution in [0.3, 0.4) is 0 Å². The molecule has 10 heteroatoms. The first-order chi connectivity index (χ1) is 18.3. The summed E-state index contributed by atoms with van der Waals surface area (Å²) in [5.74, 6) is -1.27. The number of hydrogen-bond acceptors (Lipinski definition) is 7. The van der Waals surface area contributed by atoms with E-state index in [4.69, 9.17) is 9.15 Å². The topological polar surface area (TPSA) is 111 Å². The van der Waals surface area contributed by atoms with Crippen molar-refractivity contribution in [2.24, 2.45) is 4.99 Å². The Kier molecular flexibility index (Phi) is 6.64. The number of furan rings is 1. The molecule has 1 aliphatic heterocycles. The highest BCUT2D eigenvalue weighted by Crippen LogP contribution is 2.31. The normalized spacial score (nSPS) is 15.2. The van der Waals surface area contributed by atoms with Gasteiger partial charge in [-0.2, -0.15) is 0 Å². The lowest BCUT2D eigenvalue weighted by Crippen LogP contribution is -2.39. The van der Waals surface area contributed by atoms with Crippen LogP contribution < -0.4 is 14.9 Å². The minimum absolute atomic E-state index is 0.127. The molecule has 3 heterocycles. The molecular formula is C28H21FN2O6S. The first-order valence-corrected chi connectivity index (χ1v) is 12.5. The molecule has 0 unspecified atom stereocenters. The molecule has 0 radical (unpaired) electrons. The van der Waals surface area contributed by atoms with Crippen molar-refractivity contribution in [3.63, 3.8) is 0 Å². The number of aromatic nitrogens is 1. The van der Waals surface area contributed by atoms with E-state index in [0.717, 1.165) is 11.3 Å². The second-order valence-corrected chi connectivity index (χ2v) is 9.45. The molecule has 1 atom stereocenters. The highest BCUT2D eigenvalue weighted by molar-refractivity contribution is 7.07. The van der Waals surface area contributed by atoms with Gasteiger partial charge < -0.3 is 14.3 Å². The second-order valence-electron chi connectivity index (χ2n) is 8.44. The minimum Gasteiger partial charge on any atom is -0.478 e. The van der Waals surface area contributed by atoms with Crippen LogP contribution in [0.15, 0.2) is 86.1 Å². The Labute approximate surface area is 219 Å². The summed E-state index contributed by atoms with van der Waals surface area (Å²) in [6.45, 7) is 3.50. The van der Waals surface area contributed by atoms with Gasteiger partial charge in [-0.15, -0.1) is 0 Å². The summed E-state index contributed by atoms with van der Waals surface area (Å²) in [6, 6.07) is 14.4. The first-order valence-electron chi connectivity index (χ1n) is 11.7. The molecular weight excluding hydrogens is 511 g/mol. The average Bonchev–Trinajstić information content (AvgIpc) is 3.48. The van der Waals surface area contributed by atoms with Gasteiger partial charge in [0.05, 0.1) is 34.0 Å². The Hall–Kier alpha value is -4.57. The number of carboxylic acids is 1. The number of aromatic carboxylic acids is 1. The van der Waals surface area contributed by atoms with Crippen molar-refractivity contribution >= 4 is 29.4 Å². The number of halogens is 1. The van der Waals surface area contributed by atoms with Gasteiger partial charge in [0.25, 0.3) is 5.56 Å². The van der Waals surface area contributed by atoms with Gasteiger partial charge in [0, 0.05) is 11.6 Å². The quantitative estimate of drug-likeness (QED) is 0.377. The molecule has 2 aromatic heterocycles. The number of carboxylic acid groups (broad SMARTS) is 1. The van der Waals surface area contributed by atoms with Crippen LogP contribution in [0.2, 0.25) is 0 Å². The standard InChI is InChI=1S/C28H21FN2O6S/c1-3-36-27(35)23-15(2)30-28-31(24(23)16-7-9-19(29)10-8-16)25(32)22(38-28)14-20-11-12-21(37-20)17-5-4-6-18(13-17)26(33)34/h4-14,24H,3H2,1-2H3,(H,33,34)/b22-14-/t24-/m0/s1. The number of carbonyl (C=O) groups is 2. The van der Waals surface area contributed by atoms with E-state index in [1.165, 1.54) is 41.0 Å². The highest BCUT2D eigenvalue weighted by Gasteiger charge is 2.33. The summed E-state index contributed by atoms with van der Waals surface area (Å²) < 4.78 is 26.5. The molecule has 1 N–H and O–H groups in total. The van der Waals surface area contributed by atoms with Gasteiger partial charge in [-0.3, -0.25) is 9.36 Å². The molecule has 0 bridgehead atoms. The number of allylic oxidation sites excluding steroid dienone is 1. The van der Waals surface area contributed by atoms with Crippen molar-refractivity contribution in [2.75, 3.05) is 6.61 Å². The summed E-state index contributed by atoms with van der Waals surface area (Å²) in [7, 11) is 0. The number of carbonyl (C=O) groups excluding carboxylic acids is 1. The van der Waals surface area contributed by atoms with Crippen LogP contribution >= 0.6 is 11.3 Å². The molecule has 5 rings (SSSR count). The number of rotatable bonds is 6. The molecule has 38 heavy (non-hydrogen) atoms. The third-order valence-corrected chi connectivity index (χ3v) is 6.98. The van der Waals surface area contributed by atoms with Crippen molar-refractivity contribution in [1.29, 1.82) is 0 Å². The Morgan fingerprint density at radius 1 is 1.18 bits per heavy atom. The predicted molar refractivity (Wildman–Crippen MR) is 138 cm³/mol. The molecule has 0 saturated heterocycles. The van der Waals surface area contributed by atoms with Crippen molar-refractivity contribution in [3.05, 3.63) is 114 Å². The molecule has 192 valence electrons. The monoisotopic (exact) mass is 532 g/mol. The molecule has 1 aliphatic rings. The van der Waals surface area contributed by atoms with Gasteiger partial charge in [0.2, 0.25) is 0 Å². The van der Waals surface area contributed by atoms with E-state index < -0.39 is 29.4 Å². The van der Waals surface area contributed by atoms with E-state index >= 15 is 0 Å². The Balaban J connectivity index is 1.61. The molecule has 8 nitrogen and oxygen atoms in total. The lowest BCUT2D eigenvalue weighted by atomic mass is 9.96. The van der Waals surface area contributed by atoms with Crippen LogP contribution in [0.4, 0.5) is 4.39 Å². The molecule has 0 amide bonds. The molecule has 0 fully saturated rings. The van der Waals surface area contributed by atoms with Crippen molar-refractivity contribution < 1.29 is 28.2 Å². The van der Waals surface area contributed by atoms with Gasteiger partial charge >= 0.3 is 11.9 Å².